The van der Waals surface area contributed by atoms with Crippen LogP contribution in [0.3, 0.4) is 0 Å². The van der Waals surface area contributed by atoms with Crippen LogP contribution in [0.15, 0.2) is 24.4 Å². The summed E-state index contributed by atoms with van der Waals surface area (Å²) < 4.78 is 4.30. The van der Waals surface area contributed by atoms with Gasteiger partial charge in [0.2, 0.25) is 5.13 Å². The van der Waals surface area contributed by atoms with E-state index in [1.54, 1.807) is 6.20 Å². The molecule has 0 radical (unpaired) electrons. The molecule has 0 aliphatic rings. The lowest BCUT2D eigenvalue weighted by Gasteiger charge is -2.11. The Morgan fingerprint density at radius 2 is 2.29 bits per heavy atom. The summed E-state index contributed by atoms with van der Waals surface area (Å²) in [5.41, 5.74) is 1.01. The maximum atomic E-state index is 4.43. The highest BCUT2D eigenvalue weighted by molar-refractivity contribution is 7.09. The average molecular weight is 248 g/mol. The van der Waals surface area contributed by atoms with Gasteiger partial charge in [0.1, 0.15) is 5.82 Å². The third kappa shape index (κ3) is 3.23. The fraction of sp³-hybridized carbons (Fsp3) is 0.417. The van der Waals surface area contributed by atoms with E-state index >= 15 is 0 Å². The average Bonchev–Trinajstić information content (AvgIpc) is 2.78. The Bertz CT molecular complexity index is 455. The number of nitrogens with zero attached hydrogens (tertiary/aromatic N) is 3. The predicted octanol–water partition coefficient (Wildman–Crippen LogP) is 3.06. The minimum absolute atomic E-state index is 0.152. The number of aromatic nitrogens is 3. The Hall–Kier alpha value is -1.49. The van der Waals surface area contributed by atoms with Crippen LogP contribution in [0.25, 0.3) is 0 Å². The molecular formula is C12H16N4S. The van der Waals surface area contributed by atoms with Gasteiger partial charge in [0.25, 0.3) is 0 Å². The Morgan fingerprint density at radius 3 is 3.00 bits per heavy atom. The Morgan fingerprint density at radius 1 is 1.41 bits per heavy atom. The highest BCUT2D eigenvalue weighted by Gasteiger charge is 2.09. The number of nitrogens with one attached hydrogen (secondary N) is 1. The van der Waals surface area contributed by atoms with E-state index in [1.165, 1.54) is 11.5 Å². The number of rotatable bonds is 5. The molecule has 0 bridgehead atoms. The third-order valence-corrected chi connectivity index (χ3v) is 3.10. The zero-order chi connectivity index (χ0) is 12.1. The maximum absolute atomic E-state index is 4.43. The van der Waals surface area contributed by atoms with Gasteiger partial charge in [-0.15, -0.1) is 0 Å². The molecule has 17 heavy (non-hydrogen) atoms. The van der Waals surface area contributed by atoms with Crippen molar-refractivity contribution >= 4 is 16.7 Å². The highest BCUT2D eigenvalue weighted by Crippen LogP contribution is 2.19. The first-order valence-corrected chi connectivity index (χ1v) is 6.57. The van der Waals surface area contributed by atoms with Gasteiger partial charge in [-0.1, -0.05) is 13.0 Å². The summed E-state index contributed by atoms with van der Waals surface area (Å²) in [5.74, 6) is 0.924. The molecule has 90 valence electrons. The van der Waals surface area contributed by atoms with E-state index < -0.39 is 0 Å². The topological polar surface area (TPSA) is 50.7 Å². The first kappa shape index (κ1) is 12.0. The normalized spacial score (nSPS) is 12.4. The largest absolute Gasteiger partial charge is 0.352 e. The van der Waals surface area contributed by atoms with Gasteiger partial charge in [0.05, 0.1) is 11.7 Å². The van der Waals surface area contributed by atoms with E-state index in [9.17, 15) is 0 Å². The van der Waals surface area contributed by atoms with Crippen molar-refractivity contribution in [1.29, 1.82) is 0 Å². The Kier molecular flexibility index (Phi) is 4.03. The minimum atomic E-state index is 0.152. The molecule has 5 heteroatoms. The third-order valence-electron chi connectivity index (χ3n) is 2.41. The van der Waals surface area contributed by atoms with E-state index in [0.29, 0.717) is 0 Å². The van der Waals surface area contributed by atoms with Crippen LogP contribution in [0.2, 0.25) is 0 Å². The minimum Gasteiger partial charge on any atom is -0.352 e. The van der Waals surface area contributed by atoms with E-state index in [0.717, 1.165) is 29.5 Å². The van der Waals surface area contributed by atoms with Crippen LogP contribution in [-0.2, 0) is 6.42 Å². The van der Waals surface area contributed by atoms with Gasteiger partial charge < -0.3 is 5.32 Å². The predicted molar refractivity (Wildman–Crippen MR) is 70.2 cm³/mol. The number of aryl methyl sites for hydroxylation is 1. The van der Waals surface area contributed by atoms with E-state index in [2.05, 4.69) is 33.5 Å². The molecule has 2 rings (SSSR count). The molecule has 0 fully saturated rings. The summed E-state index contributed by atoms with van der Waals surface area (Å²) in [4.78, 5) is 8.75. The van der Waals surface area contributed by atoms with Crippen molar-refractivity contribution < 1.29 is 0 Å². The molecule has 0 aromatic carbocycles. The first-order chi connectivity index (χ1) is 8.29. The van der Waals surface area contributed by atoms with E-state index in [-0.39, 0.29) is 6.04 Å². The smallest absolute Gasteiger partial charge is 0.203 e. The molecule has 0 amide bonds. The standard InChI is InChI=1S/C12H16N4S/c1-3-6-11-15-12(17-16-11)14-9(2)10-7-4-5-8-13-10/h4-5,7-9H,3,6H2,1-2H3,(H,14,15,16). The maximum Gasteiger partial charge on any atom is 0.203 e. The number of hydrogen-bond acceptors (Lipinski definition) is 5. The molecule has 0 saturated carbocycles. The molecule has 4 nitrogen and oxygen atoms in total. The number of pyridine rings is 1. The lowest BCUT2D eigenvalue weighted by Crippen LogP contribution is -2.07. The first-order valence-electron chi connectivity index (χ1n) is 5.79. The molecule has 0 aliphatic heterocycles. The van der Waals surface area contributed by atoms with Gasteiger partial charge in [0, 0.05) is 24.2 Å². The molecule has 2 heterocycles. The van der Waals surface area contributed by atoms with E-state index in [1.807, 2.05) is 18.2 Å². The summed E-state index contributed by atoms with van der Waals surface area (Å²) in [5, 5.41) is 4.19. The summed E-state index contributed by atoms with van der Waals surface area (Å²) in [6, 6.07) is 6.06. The molecular weight excluding hydrogens is 232 g/mol. The van der Waals surface area contributed by atoms with Gasteiger partial charge in [-0.3, -0.25) is 4.98 Å². The second kappa shape index (κ2) is 5.72. The van der Waals surface area contributed by atoms with Crippen LogP contribution in [-0.4, -0.2) is 14.3 Å². The van der Waals surface area contributed by atoms with Gasteiger partial charge in [-0.2, -0.15) is 4.37 Å². The fourth-order valence-electron chi connectivity index (χ4n) is 1.53. The van der Waals surface area contributed by atoms with Crippen LogP contribution in [0.5, 0.6) is 0 Å². The molecule has 2 aromatic rings. The highest BCUT2D eigenvalue weighted by atomic mass is 32.1. The van der Waals surface area contributed by atoms with Crippen LogP contribution >= 0.6 is 11.5 Å². The molecule has 1 unspecified atom stereocenters. The SMILES string of the molecule is CCCc1nsc(NC(C)c2ccccn2)n1. The van der Waals surface area contributed by atoms with Crippen molar-refractivity contribution in [3.05, 3.63) is 35.9 Å². The fourth-order valence-corrected chi connectivity index (χ4v) is 2.23. The molecule has 0 saturated heterocycles. The molecule has 0 spiro atoms. The number of hydrogen-bond donors (Lipinski definition) is 1. The zero-order valence-electron chi connectivity index (χ0n) is 10.1. The van der Waals surface area contributed by atoms with Gasteiger partial charge in [-0.05, 0) is 25.5 Å². The monoisotopic (exact) mass is 248 g/mol. The second-order valence-electron chi connectivity index (χ2n) is 3.89. The van der Waals surface area contributed by atoms with Gasteiger partial charge in [-0.25, -0.2) is 4.98 Å². The summed E-state index contributed by atoms with van der Waals surface area (Å²) >= 11 is 1.41. The molecule has 1 N–H and O–H groups in total. The lowest BCUT2D eigenvalue weighted by atomic mass is 10.2. The van der Waals surface area contributed by atoms with Crippen LogP contribution in [0, 0.1) is 0 Å². The van der Waals surface area contributed by atoms with E-state index in [4.69, 9.17) is 0 Å². The molecule has 0 aliphatic carbocycles. The second-order valence-corrected chi connectivity index (χ2v) is 4.64. The van der Waals surface area contributed by atoms with Crippen LogP contribution in [0.1, 0.15) is 37.8 Å². The molecule has 1 atom stereocenters. The number of anilines is 1. The van der Waals surface area contributed by atoms with Crippen molar-refractivity contribution in [1.82, 2.24) is 14.3 Å². The Balaban J connectivity index is 2.00. The zero-order valence-corrected chi connectivity index (χ0v) is 10.9. The molecule has 2 aromatic heterocycles. The quantitative estimate of drug-likeness (QED) is 0.883. The lowest BCUT2D eigenvalue weighted by molar-refractivity contribution is 0.826. The van der Waals surface area contributed by atoms with Crippen LogP contribution in [0.4, 0.5) is 5.13 Å². The van der Waals surface area contributed by atoms with Crippen LogP contribution < -0.4 is 5.32 Å². The summed E-state index contributed by atoms with van der Waals surface area (Å²) in [6.45, 7) is 4.20. The van der Waals surface area contributed by atoms with Crippen molar-refractivity contribution in [2.75, 3.05) is 5.32 Å². The summed E-state index contributed by atoms with van der Waals surface area (Å²) in [7, 11) is 0. The van der Waals surface area contributed by atoms with Gasteiger partial charge >= 0.3 is 0 Å². The Labute approximate surface area is 105 Å². The van der Waals surface area contributed by atoms with Gasteiger partial charge in [0.15, 0.2) is 0 Å². The van der Waals surface area contributed by atoms with Crippen molar-refractivity contribution in [3.63, 3.8) is 0 Å². The summed E-state index contributed by atoms with van der Waals surface area (Å²) in [6.07, 6.45) is 3.82. The van der Waals surface area contributed by atoms with Crippen molar-refractivity contribution in [2.45, 2.75) is 32.7 Å². The van der Waals surface area contributed by atoms with Crippen molar-refractivity contribution in [3.8, 4) is 0 Å². The van der Waals surface area contributed by atoms with Crippen molar-refractivity contribution in [2.24, 2.45) is 0 Å².